The summed E-state index contributed by atoms with van der Waals surface area (Å²) in [6.45, 7) is 10.1. The molecule has 1 rings (SSSR count). The molecule has 0 fully saturated rings. The van der Waals surface area contributed by atoms with Gasteiger partial charge in [0.25, 0.3) is 0 Å². The monoisotopic (exact) mass is 374 g/mol. The first kappa shape index (κ1) is 20.9. The minimum absolute atomic E-state index is 0.0148. The van der Waals surface area contributed by atoms with Crippen molar-refractivity contribution in [3.05, 3.63) is 22.4 Å². The third-order valence-corrected chi connectivity index (χ3v) is 7.12. The quantitative estimate of drug-likeness (QED) is 0.511. The van der Waals surface area contributed by atoms with Crippen LogP contribution in [0.15, 0.2) is 22.5 Å². The summed E-state index contributed by atoms with van der Waals surface area (Å²) in [5, 5.41) is 8.43. The summed E-state index contributed by atoms with van der Waals surface area (Å²) >= 11 is 1.73. The molecular formula is C16H30N4O2S2. The van der Waals surface area contributed by atoms with Crippen molar-refractivity contribution in [2.24, 2.45) is 4.99 Å². The zero-order valence-corrected chi connectivity index (χ0v) is 16.9. The highest BCUT2D eigenvalue weighted by Gasteiger charge is 2.22. The van der Waals surface area contributed by atoms with Crippen LogP contribution in [-0.2, 0) is 15.4 Å². The van der Waals surface area contributed by atoms with Crippen molar-refractivity contribution in [2.75, 3.05) is 39.0 Å². The van der Waals surface area contributed by atoms with E-state index in [1.807, 2.05) is 19.9 Å². The highest BCUT2D eigenvalue weighted by molar-refractivity contribution is 7.89. The van der Waals surface area contributed by atoms with E-state index in [0.717, 1.165) is 6.54 Å². The maximum atomic E-state index is 12.2. The van der Waals surface area contributed by atoms with E-state index < -0.39 is 10.0 Å². The number of rotatable bonds is 9. The van der Waals surface area contributed by atoms with Crippen LogP contribution in [0.3, 0.4) is 0 Å². The van der Waals surface area contributed by atoms with Crippen LogP contribution in [0.2, 0.25) is 0 Å². The van der Waals surface area contributed by atoms with Crippen LogP contribution in [0.4, 0.5) is 0 Å². The molecule has 0 saturated carbocycles. The summed E-state index contributed by atoms with van der Waals surface area (Å²) in [7, 11) is -1.53. The molecule has 0 unspecified atom stereocenters. The molecular weight excluding hydrogens is 344 g/mol. The van der Waals surface area contributed by atoms with Crippen LogP contribution < -0.4 is 10.6 Å². The largest absolute Gasteiger partial charge is 0.356 e. The molecule has 1 aromatic heterocycles. The van der Waals surface area contributed by atoms with Crippen molar-refractivity contribution in [1.82, 2.24) is 14.9 Å². The van der Waals surface area contributed by atoms with Crippen molar-refractivity contribution in [2.45, 2.75) is 33.1 Å². The highest BCUT2D eigenvalue weighted by atomic mass is 32.2. The van der Waals surface area contributed by atoms with E-state index in [4.69, 9.17) is 0 Å². The molecule has 0 radical (unpaired) electrons. The first-order valence-corrected chi connectivity index (χ1v) is 10.7. The standard InChI is InChI=1S/C16H30N4O2S2/c1-6-20(7-2)24(21,22)12-10-18-15(17-5)19-13-16(3,4)14-9-8-11-23-14/h8-9,11H,6-7,10,12-13H2,1-5H3,(H2,17,18,19). The molecule has 24 heavy (non-hydrogen) atoms. The normalized spacial score (nSPS) is 13.3. The van der Waals surface area contributed by atoms with Gasteiger partial charge in [0, 0.05) is 43.5 Å². The Bertz CT molecular complexity index is 606. The van der Waals surface area contributed by atoms with Crippen molar-refractivity contribution in [3.63, 3.8) is 0 Å². The smallest absolute Gasteiger partial charge is 0.215 e. The maximum Gasteiger partial charge on any atom is 0.215 e. The molecule has 1 aromatic rings. The number of aliphatic imine (C=N–C) groups is 1. The van der Waals surface area contributed by atoms with Gasteiger partial charge in [0.05, 0.1) is 5.75 Å². The number of hydrogen-bond donors (Lipinski definition) is 2. The maximum absolute atomic E-state index is 12.2. The van der Waals surface area contributed by atoms with Crippen molar-refractivity contribution in [1.29, 1.82) is 0 Å². The molecule has 1 heterocycles. The number of nitrogens with one attached hydrogen (secondary N) is 2. The second-order valence-electron chi connectivity index (χ2n) is 6.11. The summed E-state index contributed by atoms with van der Waals surface area (Å²) in [5.74, 6) is 0.679. The zero-order chi connectivity index (χ0) is 18.2. The van der Waals surface area contributed by atoms with E-state index >= 15 is 0 Å². The Hall–Kier alpha value is -1.12. The predicted octanol–water partition coefficient (Wildman–Crippen LogP) is 1.86. The molecule has 0 aromatic carbocycles. The Labute approximate surface area is 150 Å². The lowest BCUT2D eigenvalue weighted by Gasteiger charge is -2.25. The average Bonchev–Trinajstić information content (AvgIpc) is 3.06. The molecule has 0 amide bonds. The predicted molar refractivity (Wildman–Crippen MR) is 103 cm³/mol. The van der Waals surface area contributed by atoms with Gasteiger partial charge in [-0.1, -0.05) is 33.8 Å². The molecule has 0 aliphatic carbocycles. The molecule has 8 heteroatoms. The molecule has 6 nitrogen and oxygen atoms in total. The summed E-state index contributed by atoms with van der Waals surface area (Å²) < 4.78 is 25.8. The minimum Gasteiger partial charge on any atom is -0.356 e. The van der Waals surface area contributed by atoms with Crippen molar-refractivity contribution < 1.29 is 8.42 Å². The highest BCUT2D eigenvalue weighted by Crippen LogP contribution is 2.26. The summed E-state index contributed by atoms with van der Waals surface area (Å²) in [4.78, 5) is 5.47. The van der Waals surface area contributed by atoms with Gasteiger partial charge in [-0.3, -0.25) is 4.99 Å². The van der Waals surface area contributed by atoms with Gasteiger partial charge in [-0.05, 0) is 11.4 Å². The molecule has 138 valence electrons. The lowest BCUT2D eigenvalue weighted by atomic mass is 9.91. The van der Waals surface area contributed by atoms with E-state index in [-0.39, 0.29) is 11.2 Å². The number of hydrogen-bond acceptors (Lipinski definition) is 4. The third-order valence-electron chi connectivity index (χ3n) is 3.86. The second kappa shape index (κ2) is 9.39. The third kappa shape index (κ3) is 6.07. The van der Waals surface area contributed by atoms with Crippen LogP contribution in [0, 0.1) is 0 Å². The van der Waals surface area contributed by atoms with Crippen LogP contribution in [0.25, 0.3) is 0 Å². The van der Waals surface area contributed by atoms with Gasteiger partial charge in [0.1, 0.15) is 0 Å². The van der Waals surface area contributed by atoms with Gasteiger partial charge in [0.15, 0.2) is 5.96 Å². The second-order valence-corrected chi connectivity index (χ2v) is 9.15. The molecule has 2 N–H and O–H groups in total. The number of thiophene rings is 1. The van der Waals surface area contributed by atoms with E-state index in [2.05, 4.69) is 40.9 Å². The first-order chi connectivity index (χ1) is 11.3. The van der Waals surface area contributed by atoms with Gasteiger partial charge in [-0.25, -0.2) is 12.7 Å². The van der Waals surface area contributed by atoms with E-state index in [0.29, 0.717) is 25.6 Å². The lowest BCUT2D eigenvalue weighted by Crippen LogP contribution is -2.45. The Morgan fingerprint density at radius 2 is 1.96 bits per heavy atom. The minimum atomic E-state index is -3.22. The number of guanidine groups is 1. The van der Waals surface area contributed by atoms with Gasteiger partial charge >= 0.3 is 0 Å². The molecule has 0 saturated heterocycles. The Morgan fingerprint density at radius 1 is 1.29 bits per heavy atom. The number of sulfonamides is 1. The van der Waals surface area contributed by atoms with Crippen molar-refractivity contribution >= 4 is 27.3 Å². The Morgan fingerprint density at radius 3 is 2.46 bits per heavy atom. The summed E-state index contributed by atoms with van der Waals surface area (Å²) in [5.41, 5.74) is -0.0148. The lowest BCUT2D eigenvalue weighted by molar-refractivity contribution is 0.445. The van der Waals surface area contributed by atoms with E-state index in [1.165, 1.54) is 9.18 Å². The fourth-order valence-corrected chi connectivity index (χ4v) is 4.58. The summed E-state index contributed by atoms with van der Waals surface area (Å²) in [6, 6.07) is 4.17. The topological polar surface area (TPSA) is 73.8 Å². The molecule has 0 aliphatic rings. The van der Waals surface area contributed by atoms with Crippen LogP contribution >= 0.6 is 11.3 Å². The Balaban J connectivity index is 2.49. The Kier molecular flexibility index (Phi) is 8.18. The summed E-state index contributed by atoms with van der Waals surface area (Å²) in [6.07, 6.45) is 0. The first-order valence-electron chi connectivity index (χ1n) is 8.23. The molecule has 0 aliphatic heterocycles. The zero-order valence-electron chi connectivity index (χ0n) is 15.3. The molecule has 0 spiro atoms. The van der Waals surface area contributed by atoms with Crippen LogP contribution in [-0.4, -0.2) is 57.7 Å². The van der Waals surface area contributed by atoms with Gasteiger partial charge < -0.3 is 10.6 Å². The van der Waals surface area contributed by atoms with Gasteiger partial charge in [0.2, 0.25) is 10.0 Å². The van der Waals surface area contributed by atoms with Crippen LogP contribution in [0.1, 0.15) is 32.6 Å². The van der Waals surface area contributed by atoms with Crippen molar-refractivity contribution in [3.8, 4) is 0 Å². The molecule has 0 bridgehead atoms. The fourth-order valence-electron chi connectivity index (χ4n) is 2.32. The average molecular weight is 375 g/mol. The number of nitrogens with zero attached hydrogens (tertiary/aromatic N) is 2. The van der Waals surface area contributed by atoms with Gasteiger partial charge in [-0.2, -0.15) is 0 Å². The van der Waals surface area contributed by atoms with Gasteiger partial charge in [-0.15, -0.1) is 11.3 Å². The SMILES string of the molecule is CCN(CC)S(=O)(=O)CCNC(=NC)NCC(C)(C)c1cccs1. The van der Waals surface area contributed by atoms with Crippen LogP contribution in [0.5, 0.6) is 0 Å². The molecule has 0 atom stereocenters. The van der Waals surface area contributed by atoms with E-state index in [1.54, 1.807) is 18.4 Å². The van der Waals surface area contributed by atoms with E-state index in [9.17, 15) is 8.42 Å². The fraction of sp³-hybridized carbons (Fsp3) is 0.688.